The van der Waals surface area contributed by atoms with E-state index in [0.29, 0.717) is 11.8 Å². The molecule has 0 aromatic carbocycles. The van der Waals surface area contributed by atoms with E-state index in [9.17, 15) is 0 Å². The monoisotopic (exact) mass is 248 g/mol. The molecule has 1 heterocycles. The van der Waals surface area contributed by atoms with Crippen molar-refractivity contribution < 1.29 is 4.74 Å². The molecule has 13 heavy (non-hydrogen) atoms. The van der Waals surface area contributed by atoms with E-state index in [-0.39, 0.29) is 5.60 Å². The zero-order valence-corrected chi connectivity index (χ0v) is 10.6. The van der Waals surface area contributed by atoms with Gasteiger partial charge in [-0.25, -0.2) is 0 Å². The normalized spacial score (nSPS) is 32.1. The maximum atomic E-state index is 5.99. The van der Waals surface area contributed by atoms with E-state index in [0.717, 1.165) is 11.9 Å². The topological polar surface area (TPSA) is 9.23 Å². The third-order valence-corrected chi connectivity index (χ3v) is 4.39. The number of rotatable bonds is 3. The van der Waals surface area contributed by atoms with Crippen LogP contribution in [0.5, 0.6) is 0 Å². The lowest BCUT2D eigenvalue weighted by molar-refractivity contribution is -0.105. The van der Waals surface area contributed by atoms with Crippen LogP contribution in [0.4, 0.5) is 0 Å². The maximum Gasteiger partial charge on any atom is 0.0806 e. The van der Waals surface area contributed by atoms with Crippen molar-refractivity contribution in [2.24, 2.45) is 11.8 Å². The predicted molar refractivity (Wildman–Crippen MR) is 60.3 cm³/mol. The molecule has 0 radical (unpaired) electrons. The van der Waals surface area contributed by atoms with Crippen molar-refractivity contribution in [3.63, 3.8) is 0 Å². The Hall–Kier alpha value is 0.440. The van der Waals surface area contributed by atoms with Crippen molar-refractivity contribution in [1.29, 1.82) is 0 Å². The first-order chi connectivity index (χ1) is 6.12. The maximum absolute atomic E-state index is 5.99. The number of hydrogen-bond acceptors (Lipinski definition) is 1. The summed E-state index contributed by atoms with van der Waals surface area (Å²) in [6.45, 7) is 7.83. The molecule has 1 rings (SSSR count). The van der Waals surface area contributed by atoms with Crippen LogP contribution in [0, 0.1) is 11.8 Å². The summed E-state index contributed by atoms with van der Waals surface area (Å²) < 4.78 is 5.99. The molecule has 1 fully saturated rings. The number of alkyl halides is 1. The van der Waals surface area contributed by atoms with Gasteiger partial charge in [-0.15, -0.1) is 0 Å². The highest BCUT2D eigenvalue weighted by atomic mass is 79.9. The Bertz CT molecular complexity index is 150. The molecule has 1 aliphatic heterocycles. The fourth-order valence-corrected chi connectivity index (χ4v) is 3.02. The van der Waals surface area contributed by atoms with Gasteiger partial charge in [-0.05, 0) is 31.1 Å². The van der Waals surface area contributed by atoms with E-state index in [1.807, 2.05) is 0 Å². The smallest absolute Gasteiger partial charge is 0.0806 e. The van der Waals surface area contributed by atoms with Crippen LogP contribution >= 0.6 is 15.9 Å². The van der Waals surface area contributed by atoms with Crippen molar-refractivity contribution in [3.8, 4) is 0 Å². The van der Waals surface area contributed by atoms with E-state index in [1.165, 1.54) is 19.3 Å². The van der Waals surface area contributed by atoms with Gasteiger partial charge in [0.05, 0.1) is 5.60 Å². The number of hydrogen-bond donors (Lipinski definition) is 0. The summed E-state index contributed by atoms with van der Waals surface area (Å²) in [5.41, 5.74) is 0.117. The van der Waals surface area contributed by atoms with E-state index >= 15 is 0 Å². The van der Waals surface area contributed by atoms with Gasteiger partial charge in [0.2, 0.25) is 0 Å². The summed E-state index contributed by atoms with van der Waals surface area (Å²) in [4.78, 5) is 0. The van der Waals surface area contributed by atoms with Crippen molar-refractivity contribution in [2.75, 3.05) is 11.9 Å². The van der Waals surface area contributed by atoms with E-state index < -0.39 is 0 Å². The van der Waals surface area contributed by atoms with Gasteiger partial charge in [-0.3, -0.25) is 0 Å². The average Bonchev–Trinajstić information content (AvgIpc) is 2.17. The molecule has 2 unspecified atom stereocenters. The van der Waals surface area contributed by atoms with Crippen LogP contribution in [-0.4, -0.2) is 17.5 Å². The van der Waals surface area contributed by atoms with Gasteiger partial charge >= 0.3 is 0 Å². The minimum absolute atomic E-state index is 0.117. The van der Waals surface area contributed by atoms with Gasteiger partial charge in [0.25, 0.3) is 0 Å². The van der Waals surface area contributed by atoms with E-state index in [4.69, 9.17) is 4.74 Å². The van der Waals surface area contributed by atoms with Gasteiger partial charge in [0, 0.05) is 11.9 Å². The first-order valence-electron chi connectivity index (χ1n) is 5.32. The van der Waals surface area contributed by atoms with Crippen molar-refractivity contribution >= 4 is 15.9 Å². The fourth-order valence-electron chi connectivity index (χ4n) is 2.07. The third-order valence-electron chi connectivity index (χ3n) is 3.44. The third kappa shape index (κ3) is 2.47. The minimum Gasteiger partial charge on any atom is -0.374 e. The molecule has 0 spiro atoms. The Morgan fingerprint density at radius 2 is 2.00 bits per heavy atom. The minimum atomic E-state index is 0.117. The molecule has 0 amide bonds. The zero-order chi connectivity index (χ0) is 9.90. The van der Waals surface area contributed by atoms with Crippen LogP contribution < -0.4 is 0 Å². The molecule has 1 aliphatic rings. The Kier molecular flexibility index (Phi) is 4.24. The van der Waals surface area contributed by atoms with E-state index in [1.54, 1.807) is 0 Å². The van der Waals surface area contributed by atoms with Crippen molar-refractivity contribution in [2.45, 2.75) is 45.6 Å². The highest BCUT2D eigenvalue weighted by molar-refractivity contribution is 9.09. The largest absolute Gasteiger partial charge is 0.374 e. The molecule has 0 aromatic heterocycles. The van der Waals surface area contributed by atoms with Crippen LogP contribution in [0.3, 0.4) is 0 Å². The molecule has 78 valence electrons. The van der Waals surface area contributed by atoms with Crippen LogP contribution in [0.25, 0.3) is 0 Å². The van der Waals surface area contributed by atoms with Crippen LogP contribution in [-0.2, 0) is 4.74 Å². The lowest BCUT2D eigenvalue weighted by atomic mass is 9.78. The van der Waals surface area contributed by atoms with E-state index in [2.05, 4.69) is 36.7 Å². The summed E-state index contributed by atoms with van der Waals surface area (Å²) in [5.74, 6) is 1.35. The average molecular weight is 249 g/mol. The van der Waals surface area contributed by atoms with Crippen LogP contribution in [0.2, 0.25) is 0 Å². The second-order valence-electron chi connectivity index (χ2n) is 4.54. The van der Waals surface area contributed by atoms with Gasteiger partial charge in [0.15, 0.2) is 0 Å². The molecule has 0 bridgehead atoms. The summed E-state index contributed by atoms with van der Waals surface area (Å²) in [5, 5.41) is 0.985. The summed E-state index contributed by atoms with van der Waals surface area (Å²) in [6.07, 6.45) is 3.78. The fraction of sp³-hybridized carbons (Fsp3) is 1.00. The standard InChI is InChI=1S/C11H21BrO/c1-9(2)10(3)11(8-12)6-4-5-7-13-11/h9-10H,4-8H2,1-3H3. The zero-order valence-electron chi connectivity index (χ0n) is 8.98. The molecule has 0 aromatic rings. The summed E-state index contributed by atoms with van der Waals surface area (Å²) >= 11 is 3.61. The Labute approximate surface area is 90.4 Å². The predicted octanol–water partition coefficient (Wildman–Crippen LogP) is 3.61. The molecule has 1 nitrogen and oxygen atoms in total. The molecule has 2 atom stereocenters. The number of ether oxygens (including phenoxy) is 1. The molecule has 0 saturated carbocycles. The highest BCUT2D eigenvalue weighted by Gasteiger charge is 2.38. The molecule has 1 saturated heterocycles. The van der Waals surface area contributed by atoms with Crippen LogP contribution in [0.15, 0.2) is 0 Å². The first-order valence-corrected chi connectivity index (χ1v) is 6.44. The van der Waals surface area contributed by atoms with Crippen molar-refractivity contribution in [1.82, 2.24) is 0 Å². The highest BCUT2D eigenvalue weighted by Crippen LogP contribution is 2.37. The Morgan fingerprint density at radius 1 is 1.31 bits per heavy atom. The quantitative estimate of drug-likeness (QED) is 0.694. The number of halogens is 1. The lowest BCUT2D eigenvalue weighted by Crippen LogP contribution is -2.46. The Morgan fingerprint density at radius 3 is 2.38 bits per heavy atom. The first kappa shape index (κ1) is 11.5. The van der Waals surface area contributed by atoms with Crippen molar-refractivity contribution in [3.05, 3.63) is 0 Å². The second kappa shape index (κ2) is 4.79. The molecule has 0 aliphatic carbocycles. The summed E-state index contributed by atoms with van der Waals surface area (Å²) in [7, 11) is 0. The van der Waals surface area contributed by atoms with Gasteiger partial charge in [-0.2, -0.15) is 0 Å². The Balaban J connectivity index is 2.66. The van der Waals surface area contributed by atoms with Gasteiger partial charge in [0.1, 0.15) is 0 Å². The van der Waals surface area contributed by atoms with Gasteiger partial charge < -0.3 is 4.74 Å². The molecular weight excluding hydrogens is 228 g/mol. The summed E-state index contributed by atoms with van der Waals surface area (Å²) in [6, 6.07) is 0. The van der Waals surface area contributed by atoms with Gasteiger partial charge in [-0.1, -0.05) is 36.7 Å². The lowest BCUT2D eigenvalue weighted by Gasteiger charge is -2.42. The van der Waals surface area contributed by atoms with Crippen LogP contribution in [0.1, 0.15) is 40.0 Å². The SMILES string of the molecule is CC(C)C(C)C1(CBr)CCCCO1. The molecule has 2 heteroatoms. The molecular formula is C11H21BrO. The molecule has 0 N–H and O–H groups in total. The second-order valence-corrected chi connectivity index (χ2v) is 5.10.